The van der Waals surface area contributed by atoms with Crippen molar-refractivity contribution in [2.75, 3.05) is 0 Å². The Morgan fingerprint density at radius 3 is 1.82 bits per heavy atom. The zero-order valence-corrected chi connectivity index (χ0v) is 26.3. The van der Waals surface area contributed by atoms with Gasteiger partial charge in [-0.2, -0.15) is 0 Å². The van der Waals surface area contributed by atoms with E-state index in [1.165, 1.54) is 82.0 Å². The van der Waals surface area contributed by atoms with Gasteiger partial charge in [0.1, 0.15) is 8.07 Å². The summed E-state index contributed by atoms with van der Waals surface area (Å²) in [4.78, 5) is 0. The quantitative estimate of drug-likeness (QED) is 0.109. The molecule has 9 rings (SSSR count). The summed E-state index contributed by atoms with van der Waals surface area (Å²) in [5.41, 5.74) is 9.42. The van der Waals surface area contributed by atoms with Crippen LogP contribution in [0.5, 0.6) is 0 Å². The molecule has 0 amide bonds. The number of hydrogen-bond acceptors (Lipinski definition) is 0. The summed E-state index contributed by atoms with van der Waals surface area (Å²) >= 11 is 0. The van der Waals surface area contributed by atoms with Crippen LogP contribution in [-0.2, 0) is 0 Å². The van der Waals surface area contributed by atoms with Gasteiger partial charge in [-0.1, -0.05) is 152 Å². The second kappa shape index (κ2) is 9.26. The van der Waals surface area contributed by atoms with Gasteiger partial charge in [0.05, 0.1) is 0 Å². The molecule has 44 heavy (non-hydrogen) atoms. The lowest BCUT2D eigenvalue weighted by molar-refractivity contribution is 1.51. The Morgan fingerprint density at radius 2 is 1.00 bits per heavy atom. The third-order valence-electron chi connectivity index (χ3n) is 10.1. The van der Waals surface area contributed by atoms with Crippen molar-refractivity contribution in [3.8, 4) is 33.4 Å². The van der Waals surface area contributed by atoms with Gasteiger partial charge in [-0.3, -0.25) is 0 Å². The minimum atomic E-state index is -1.81. The molecule has 0 spiro atoms. The molecule has 0 aliphatic carbocycles. The highest BCUT2D eigenvalue weighted by molar-refractivity contribution is 7.03. The normalized spacial score (nSPS) is 13.5. The van der Waals surface area contributed by atoms with Gasteiger partial charge in [-0.25, -0.2) is 0 Å². The highest BCUT2D eigenvalue weighted by Gasteiger charge is 2.37. The Bertz CT molecular complexity index is 2480. The Morgan fingerprint density at radius 1 is 0.386 bits per heavy atom. The van der Waals surface area contributed by atoms with Crippen LogP contribution < -0.4 is 10.4 Å². The maximum absolute atomic E-state index is 2.54. The van der Waals surface area contributed by atoms with E-state index in [0.717, 1.165) is 0 Å². The smallest absolute Gasteiger partial charge is 0.0623 e. The lowest BCUT2D eigenvalue weighted by Crippen LogP contribution is -2.49. The van der Waals surface area contributed by atoms with Gasteiger partial charge in [0.15, 0.2) is 0 Å². The van der Waals surface area contributed by atoms with E-state index in [2.05, 4.69) is 160 Å². The Balaban J connectivity index is 1.41. The van der Waals surface area contributed by atoms with Crippen molar-refractivity contribution in [2.45, 2.75) is 20.0 Å². The summed E-state index contributed by atoms with van der Waals surface area (Å²) in [5.74, 6) is 0. The summed E-state index contributed by atoms with van der Waals surface area (Å²) in [7, 11) is -1.81. The summed E-state index contributed by atoms with van der Waals surface area (Å²) in [5, 5.41) is 13.5. The van der Waals surface area contributed by atoms with E-state index in [1.807, 2.05) is 0 Å². The molecular weight excluding hydrogens is 545 g/mol. The number of benzene rings is 8. The Kier molecular flexibility index (Phi) is 5.37. The van der Waals surface area contributed by atoms with Crippen LogP contribution in [-0.4, -0.2) is 8.07 Å². The molecule has 0 radical (unpaired) electrons. The lowest BCUT2D eigenvalue weighted by atomic mass is 9.83. The maximum Gasteiger partial charge on any atom is 0.113 e. The highest BCUT2D eigenvalue weighted by Crippen LogP contribution is 2.47. The molecule has 0 fully saturated rings. The largest absolute Gasteiger partial charge is 0.113 e. The predicted octanol–water partition coefficient (Wildman–Crippen LogP) is 10.7. The molecular formula is C43H32Si. The zero-order valence-electron chi connectivity index (χ0n) is 25.3. The number of fused-ring (bicyclic) bond motifs is 8. The second-order valence-corrected chi connectivity index (χ2v) is 17.3. The van der Waals surface area contributed by atoms with E-state index in [9.17, 15) is 0 Å². The van der Waals surface area contributed by atoms with Gasteiger partial charge in [0.2, 0.25) is 0 Å². The molecule has 0 saturated carbocycles. The summed E-state index contributed by atoms with van der Waals surface area (Å²) in [6.07, 6.45) is 0. The number of aryl methyl sites for hydroxylation is 1. The fraction of sp³-hybridized carbons (Fsp3) is 0.0698. The summed E-state index contributed by atoms with van der Waals surface area (Å²) < 4.78 is 0. The average Bonchev–Trinajstić information content (AvgIpc) is 3.29. The second-order valence-electron chi connectivity index (χ2n) is 13.0. The SMILES string of the molecule is Cc1ccc2c(-c3cc4ccccc4c4ccccc34)c3ccccc3c(-c3ccc4c(c3)[Si](C)(C)c3ccccc3-4)c2c1. The molecule has 1 aliphatic heterocycles. The van der Waals surface area contributed by atoms with Crippen LogP contribution in [0.25, 0.3) is 76.5 Å². The van der Waals surface area contributed by atoms with Crippen LogP contribution in [0.4, 0.5) is 0 Å². The maximum atomic E-state index is 2.54. The molecule has 8 aromatic rings. The van der Waals surface area contributed by atoms with Crippen molar-refractivity contribution in [1.82, 2.24) is 0 Å². The first-order valence-corrected chi connectivity index (χ1v) is 18.6. The third-order valence-corrected chi connectivity index (χ3v) is 13.6. The predicted molar refractivity (Wildman–Crippen MR) is 194 cm³/mol. The molecule has 0 saturated heterocycles. The van der Waals surface area contributed by atoms with Crippen LogP contribution >= 0.6 is 0 Å². The van der Waals surface area contributed by atoms with Crippen molar-refractivity contribution in [3.63, 3.8) is 0 Å². The molecule has 0 aromatic heterocycles. The Labute approximate surface area is 259 Å². The van der Waals surface area contributed by atoms with Crippen LogP contribution in [0.2, 0.25) is 13.1 Å². The van der Waals surface area contributed by atoms with Gasteiger partial charge in [0.25, 0.3) is 0 Å². The van der Waals surface area contributed by atoms with E-state index < -0.39 is 8.07 Å². The zero-order chi connectivity index (χ0) is 29.6. The number of hydrogen-bond donors (Lipinski definition) is 0. The molecule has 0 atom stereocenters. The third kappa shape index (κ3) is 3.51. The van der Waals surface area contributed by atoms with E-state index in [0.29, 0.717) is 0 Å². The van der Waals surface area contributed by atoms with Crippen molar-refractivity contribution in [1.29, 1.82) is 0 Å². The van der Waals surface area contributed by atoms with E-state index in [1.54, 1.807) is 10.4 Å². The van der Waals surface area contributed by atoms with Gasteiger partial charge in [0, 0.05) is 0 Å². The van der Waals surface area contributed by atoms with E-state index >= 15 is 0 Å². The number of rotatable bonds is 2. The lowest BCUT2D eigenvalue weighted by Gasteiger charge is -2.22. The summed E-state index contributed by atoms with van der Waals surface area (Å²) in [6.45, 7) is 7.24. The van der Waals surface area contributed by atoms with Crippen molar-refractivity contribution in [3.05, 3.63) is 145 Å². The van der Waals surface area contributed by atoms with Crippen LogP contribution in [0.15, 0.2) is 140 Å². The molecule has 0 N–H and O–H groups in total. The standard InChI is InChI=1S/C43H32Si/c1-27-20-22-37-38(24-27)42(29-21-23-34-33-16-10-11-19-40(33)44(2,3)41(34)26-29)35-17-8-9-18-36(35)43(37)39-25-28-12-4-5-13-30(28)31-14-6-7-15-32(31)39/h4-26H,1-3H3. The average molecular weight is 577 g/mol. The van der Waals surface area contributed by atoms with Gasteiger partial charge in [-0.15, -0.1) is 0 Å². The van der Waals surface area contributed by atoms with E-state index in [4.69, 9.17) is 0 Å². The van der Waals surface area contributed by atoms with Gasteiger partial charge in [-0.05, 0) is 99.8 Å². The first-order chi connectivity index (χ1) is 21.5. The van der Waals surface area contributed by atoms with Crippen molar-refractivity contribution >= 4 is 61.5 Å². The summed E-state index contributed by atoms with van der Waals surface area (Å²) in [6, 6.07) is 52.6. The highest BCUT2D eigenvalue weighted by atomic mass is 28.3. The van der Waals surface area contributed by atoms with E-state index in [-0.39, 0.29) is 0 Å². The first-order valence-electron chi connectivity index (χ1n) is 15.6. The monoisotopic (exact) mass is 576 g/mol. The minimum absolute atomic E-state index is 1.28. The van der Waals surface area contributed by atoms with Crippen LogP contribution in [0.3, 0.4) is 0 Å². The fourth-order valence-corrected chi connectivity index (χ4v) is 11.1. The topological polar surface area (TPSA) is 0 Å². The molecule has 8 aromatic carbocycles. The first kappa shape index (κ1) is 25.5. The van der Waals surface area contributed by atoms with Gasteiger partial charge < -0.3 is 0 Å². The molecule has 0 unspecified atom stereocenters. The Hall–Kier alpha value is -4.98. The minimum Gasteiger partial charge on any atom is -0.0623 e. The molecule has 1 heteroatoms. The molecule has 1 aliphatic rings. The van der Waals surface area contributed by atoms with Gasteiger partial charge >= 0.3 is 0 Å². The fourth-order valence-electron chi connectivity index (χ4n) is 8.01. The molecule has 1 heterocycles. The van der Waals surface area contributed by atoms with Crippen molar-refractivity contribution < 1.29 is 0 Å². The van der Waals surface area contributed by atoms with Crippen molar-refractivity contribution in [2.24, 2.45) is 0 Å². The molecule has 0 nitrogen and oxygen atoms in total. The molecule has 0 bridgehead atoms. The van der Waals surface area contributed by atoms with Crippen LogP contribution in [0, 0.1) is 6.92 Å². The molecule has 208 valence electrons. The van der Waals surface area contributed by atoms with Crippen LogP contribution in [0.1, 0.15) is 5.56 Å².